The number of morpholine rings is 1. The summed E-state index contributed by atoms with van der Waals surface area (Å²) in [6.45, 7) is 1.47. The summed E-state index contributed by atoms with van der Waals surface area (Å²) in [5.41, 5.74) is 0.512. The van der Waals surface area contributed by atoms with Crippen LogP contribution >= 0.6 is 35.0 Å². The first-order valence-electron chi connectivity index (χ1n) is 8.57. The van der Waals surface area contributed by atoms with Crippen LogP contribution < -0.4 is 4.74 Å². The summed E-state index contributed by atoms with van der Waals surface area (Å²) in [4.78, 5) is 39.9. The third-order valence-electron chi connectivity index (χ3n) is 4.15. The zero-order chi connectivity index (χ0) is 21.0. The molecule has 0 atom stereocenters. The van der Waals surface area contributed by atoms with Gasteiger partial charge in [0, 0.05) is 13.1 Å². The molecule has 0 spiro atoms. The van der Waals surface area contributed by atoms with Crippen LogP contribution in [0.1, 0.15) is 5.56 Å². The quantitative estimate of drug-likeness (QED) is 0.502. The average Bonchev–Trinajstić information content (AvgIpc) is 2.95. The molecule has 0 N–H and O–H groups in total. The van der Waals surface area contributed by atoms with E-state index in [0.717, 1.165) is 16.7 Å². The lowest BCUT2D eigenvalue weighted by Gasteiger charge is -2.28. The standard InChI is InChI=1S/C19H16Cl2N2O5S/c1-2-5-28-17-13(20)8-12(9-14(17)21)10-15-18(25)23(19(26)29-15)11-16(24)22-3-6-27-7-4-22/h1,8-10H,3-7,11H2/b15-10+. The fourth-order valence-corrected chi connectivity index (χ4v) is 4.20. The number of thioether (sulfide) groups is 1. The van der Waals surface area contributed by atoms with Gasteiger partial charge in [-0.15, -0.1) is 6.42 Å². The van der Waals surface area contributed by atoms with Gasteiger partial charge in [0.15, 0.2) is 5.75 Å². The van der Waals surface area contributed by atoms with Crippen molar-refractivity contribution in [3.05, 3.63) is 32.6 Å². The summed E-state index contributed by atoms with van der Waals surface area (Å²) in [6.07, 6.45) is 6.65. The van der Waals surface area contributed by atoms with Gasteiger partial charge in [-0.2, -0.15) is 0 Å². The van der Waals surface area contributed by atoms with Gasteiger partial charge in [-0.3, -0.25) is 19.3 Å². The molecule has 0 radical (unpaired) electrons. The number of benzene rings is 1. The molecule has 0 bridgehead atoms. The van der Waals surface area contributed by atoms with E-state index in [9.17, 15) is 14.4 Å². The van der Waals surface area contributed by atoms with E-state index in [4.69, 9.17) is 39.1 Å². The van der Waals surface area contributed by atoms with E-state index in [1.165, 1.54) is 6.08 Å². The average molecular weight is 455 g/mol. The molecule has 10 heteroatoms. The van der Waals surface area contributed by atoms with E-state index in [2.05, 4.69) is 5.92 Å². The first-order chi connectivity index (χ1) is 13.9. The summed E-state index contributed by atoms with van der Waals surface area (Å²) < 4.78 is 10.5. The van der Waals surface area contributed by atoms with E-state index < -0.39 is 11.1 Å². The number of hydrogen-bond donors (Lipinski definition) is 0. The summed E-state index contributed by atoms with van der Waals surface area (Å²) in [5.74, 6) is 1.73. The van der Waals surface area contributed by atoms with Gasteiger partial charge in [0.1, 0.15) is 13.2 Å². The fraction of sp³-hybridized carbons (Fsp3) is 0.316. The van der Waals surface area contributed by atoms with E-state index in [-0.39, 0.29) is 39.8 Å². The lowest BCUT2D eigenvalue weighted by atomic mass is 10.2. The predicted octanol–water partition coefficient (Wildman–Crippen LogP) is 2.90. The van der Waals surface area contributed by atoms with Gasteiger partial charge in [0.2, 0.25) is 5.91 Å². The largest absolute Gasteiger partial charge is 0.478 e. The van der Waals surface area contributed by atoms with Crippen LogP contribution in [0.15, 0.2) is 17.0 Å². The number of carbonyl (C=O) groups excluding carboxylic acids is 3. The lowest BCUT2D eigenvalue weighted by molar-refractivity contribution is -0.139. The Labute approximate surface area is 181 Å². The van der Waals surface area contributed by atoms with Gasteiger partial charge in [0.05, 0.1) is 28.2 Å². The smallest absolute Gasteiger partial charge is 0.294 e. The molecule has 1 aromatic rings. The topological polar surface area (TPSA) is 76.2 Å². The number of hydrogen-bond acceptors (Lipinski definition) is 6. The molecule has 2 aliphatic heterocycles. The number of ether oxygens (including phenoxy) is 2. The van der Waals surface area contributed by atoms with Gasteiger partial charge in [0.25, 0.3) is 11.1 Å². The van der Waals surface area contributed by atoms with Crippen LogP contribution in [0.25, 0.3) is 6.08 Å². The number of terminal acetylenes is 1. The minimum Gasteiger partial charge on any atom is -0.478 e. The fourth-order valence-electron chi connectivity index (χ4n) is 2.75. The van der Waals surface area contributed by atoms with Crippen molar-refractivity contribution in [2.45, 2.75) is 0 Å². The molecule has 2 heterocycles. The monoisotopic (exact) mass is 454 g/mol. The van der Waals surface area contributed by atoms with E-state index in [0.29, 0.717) is 31.9 Å². The van der Waals surface area contributed by atoms with E-state index in [1.807, 2.05) is 0 Å². The highest BCUT2D eigenvalue weighted by molar-refractivity contribution is 8.18. The van der Waals surface area contributed by atoms with Gasteiger partial charge < -0.3 is 14.4 Å². The third-order valence-corrected chi connectivity index (χ3v) is 5.62. The Morgan fingerprint density at radius 2 is 1.93 bits per heavy atom. The highest BCUT2D eigenvalue weighted by Gasteiger charge is 2.37. The van der Waals surface area contributed by atoms with Gasteiger partial charge in [-0.05, 0) is 35.5 Å². The van der Waals surface area contributed by atoms with Crippen molar-refractivity contribution in [2.75, 3.05) is 39.5 Å². The van der Waals surface area contributed by atoms with Crippen LogP contribution in [0, 0.1) is 12.3 Å². The number of imide groups is 1. The van der Waals surface area contributed by atoms with Crippen LogP contribution in [0.2, 0.25) is 10.0 Å². The number of carbonyl (C=O) groups is 3. The molecule has 7 nitrogen and oxygen atoms in total. The molecule has 0 aromatic heterocycles. The summed E-state index contributed by atoms with van der Waals surface area (Å²) in [6, 6.07) is 3.10. The van der Waals surface area contributed by atoms with E-state index >= 15 is 0 Å². The molecule has 0 aliphatic carbocycles. The Morgan fingerprint density at radius 3 is 2.55 bits per heavy atom. The van der Waals surface area contributed by atoms with Crippen LogP contribution in [0.4, 0.5) is 4.79 Å². The van der Waals surface area contributed by atoms with Crippen LogP contribution in [0.3, 0.4) is 0 Å². The molecular formula is C19H16Cl2N2O5S. The van der Waals surface area contributed by atoms with Gasteiger partial charge in [-0.25, -0.2) is 0 Å². The Kier molecular flexibility index (Phi) is 7.09. The van der Waals surface area contributed by atoms with Crippen molar-refractivity contribution in [3.63, 3.8) is 0 Å². The molecule has 2 aliphatic rings. The molecule has 2 fully saturated rings. The van der Waals surface area contributed by atoms with Crippen molar-refractivity contribution in [1.82, 2.24) is 9.80 Å². The highest BCUT2D eigenvalue weighted by atomic mass is 35.5. The maximum absolute atomic E-state index is 12.6. The van der Waals surface area contributed by atoms with Crippen molar-refractivity contribution in [1.29, 1.82) is 0 Å². The second-order valence-electron chi connectivity index (χ2n) is 6.07. The van der Waals surface area contributed by atoms with E-state index in [1.54, 1.807) is 17.0 Å². The zero-order valence-electron chi connectivity index (χ0n) is 15.2. The normalized spacial score (nSPS) is 18.3. The third kappa shape index (κ3) is 5.06. The molecule has 2 saturated heterocycles. The predicted molar refractivity (Wildman–Crippen MR) is 111 cm³/mol. The second kappa shape index (κ2) is 9.55. The summed E-state index contributed by atoms with van der Waals surface area (Å²) in [7, 11) is 0. The molecule has 0 unspecified atom stereocenters. The lowest BCUT2D eigenvalue weighted by Crippen LogP contribution is -2.46. The molecule has 0 saturated carbocycles. The maximum atomic E-state index is 12.6. The molecule has 3 rings (SSSR count). The number of nitrogens with zero attached hydrogens (tertiary/aromatic N) is 2. The van der Waals surface area contributed by atoms with Crippen molar-refractivity contribution < 1.29 is 23.9 Å². The molecule has 29 heavy (non-hydrogen) atoms. The number of halogens is 2. The maximum Gasteiger partial charge on any atom is 0.294 e. The van der Waals surface area contributed by atoms with Crippen LogP contribution in [-0.2, 0) is 14.3 Å². The zero-order valence-corrected chi connectivity index (χ0v) is 17.5. The minimum absolute atomic E-state index is 0.00878. The number of rotatable bonds is 5. The van der Waals surface area contributed by atoms with Crippen LogP contribution in [-0.4, -0.2) is 66.3 Å². The Hall–Kier alpha value is -2.18. The summed E-state index contributed by atoms with van der Waals surface area (Å²) >= 11 is 13.1. The number of amides is 3. The van der Waals surface area contributed by atoms with Crippen molar-refractivity contribution >= 4 is 58.1 Å². The molecule has 152 valence electrons. The minimum atomic E-state index is -0.540. The second-order valence-corrected chi connectivity index (χ2v) is 7.88. The first-order valence-corrected chi connectivity index (χ1v) is 10.1. The summed E-state index contributed by atoms with van der Waals surface area (Å²) in [5, 5.41) is -0.0597. The Bertz CT molecular complexity index is 899. The Balaban J connectivity index is 1.74. The van der Waals surface area contributed by atoms with Crippen molar-refractivity contribution in [3.8, 4) is 18.1 Å². The Morgan fingerprint density at radius 1 is 1.28 bits per heavy atom. The van der Waals surface area contributed by atoms with Crippen LogP contribution in [0.5, 0.6) is 5.75 Å². The van der Waals surface area contributed by atoms with Gasteiger partial charge in [-0.1, -0.05) is 29.1 Å². The SMILES string of the molecule is C#CCOc1c(Cl)cc(/C=C2/SC(=O)N(CC(=O)N3CCOCC3)C2=O)cc1Cl. The first kappa shape index (κ1) is 21.5. The molecular weight excluding hydrogens is 439 g/mol. The van der Waals surface area contributed by atoms with Crippen molar-refractivity contribution in [2.24, 2.45) is 0 Å². The van der Waals surface area contributed by atoms with Gasteiger partial charge >= 0.3 is 0 Å². The molecule has 1 aromatic carbocycles. The highest BCUT2D eigenvalue weighted by Crippen LogP contribution is 2.37. The molecule has 3 amide bonds.